The summed E-state index contributed by atoms with van der Waals surface area (Å²) in [7, 11) is 0. The Labute approximate surface area is 129 Å². The minimum atomic E-state index is -0.513. The highest BCUT2D eigenvalue weighted by atomic mass is 16.5. The van der Waals surface area contributed by atoms with Crippen LogP contribution >= 0.6 is 0 Å². The molecule has 0 aromatic carbocycles. The van der Waals surface area contributed by atoms with E-state index in [1.54, 1.807) is 30.2 Å². The van der Waals surface area contributed by atoms with Crippen LogP contribution in [0.4, 0.5) is 4.79 Å². The van der Waals surface area contributed by atoms with Crippen LogP contribution in [0.2, 0.25) is 0 Å². The molecule has 1 aliphatic heterocycles. The second kappa shape index (κ2) is 7.74. The number of carbonyl (C=O) groups excluding carboxylic acids is 2. The Morgan fingerprint density at radius 2 is 2.36 bits per heavy atom. The zero-order valence-corrected chi connectivity index (χ0v) is 12.6. The van der Waals surface area contributed by atoms with Crippen molar-refractivity contribution < 1.29 is 19.4 Å². The molecule has 2 N–H and O–H groups in total. The van der Waals surface area contributed by atoms with Crippen molar-refractivity contribution in [1.82, 2.24) is 15.2 Å². The lowest BCUT2D eigenvalue weighted by atomic mass is 10.1. The minimum absolute atomic E-state index is 0.0197. The van der Waals surface area contributed by atoms with Gasteiger partial charge in [-0.1, -0.05) is 0 Å². The van der Waals surface area contributed by atoms with E-state index in [4.69, 9.17) is 4.74 Å². The Hall–Kier alpha value is -2.15. The van der Waals surface area contributed by atoms with E-state index in [2.05, 4.69) is 10.3 Å². The van der Waals surface area contributed by atoms with Crippen molar-refractivity contribution in [2.75, 3.05) is 19.8 Å². The molecule has 0 aliphatic carbocycles. The van der Waals surface area contributed by atoms with Gasteiger partial charge >= 0.3 is 6.09 Å². The van der Waals surface area contributed by atoms with E-state index in [9.17, 15) is 14.7 Å². The maximum Gasteiger partial charge on any atom is 0.407 e. The summed E-state index contributed by atoms with van der Waals surface area (Å²) in [6.45, 7) is 2.86. The monoisotopic (exact) mass is 307 g/mol. The fourth-order valence-corrected chi connectivity index (χ4v) is 2.51. The topological polar surface area (TPSA) is 91.8 Å². The first kappa shape index (κ1) is 16.2. The SMILES string of the molecule is CCOC(=O)NCc1cc(C(=O)N2CCCC2CO)ccn1. The number of hydrogen-bond acceptors (Lipinski definition) is 5. The molecule has 0 radical (unpaired) electrons. The Morgan fingerprint density at radius 3 is 3.09 bits per heavy atom. The van der Waals surface area contributed by atoms with Crippen LogP contribution in [-0.2, 0) is 11.3 Å². The molecular formula is C15H21N3O4. The number of likely N-dealkylation sites (tertiary alicyclic amines) is 1. The number of aliphatic hydroxyl groups excluding tert-OH is 1. The lowest BCUT2D eigenvalue weighted by Crippen LogP contribution is -2.37. The standard InChI is InChI=1S/C15H21N3O4/c1-2-22-15(21)17-9-12-8-11(5-6-16-12)14(20)18-7-3-4-13(18)10-19/h5-6,8,13,19H,2-4,7,9-10H2,1H3,(H,17,21). The van der Waals surface area contributed by atoms with Crippen LogP contribution in [-0.4, -0.2) is 52.8 Å². The van der Waals surface area contributed by atoms with Crippen LogP contribution in [0.25, 0.3) is 0 Å². The number of aliphatic hydroxyl groups is 1. The maximum atomic E-state index is 12.5. The second-order valence-electron chi connectivity index (χ2n) is 5.09. The van der Waals surface area contributed by atoms with E-state index in [-0.39, 0.29) is 25.1 Å². The quantitative estimate of drug-likeness (QED) is 0.844. The third-order valence-corrected chi connectivity index (χ3v) is 3.60. The van der Waals surface area contributed by atoms with Gasteiger partial charge in [-0.15, -0.1) is 0 Å². The number of nitrogens with zero attached hydrogens (tertiary/aromatic N) is 2. The smallest absolute Gasteiger partial charge is 0.407 e. The molecule has 2 rings (SSSR count). The van der Waals surface area contributed by atoms with Gasteiger partial charge in [-0.2, -0.15) is 0 Å². The predicted octanol–water partition coefficient (Wildman–Crippen LogP) is 0.925. The van der Waals surface area contributed by atoms with Crippen LogP contribution in [0.5, 0.6) is 0 Å². The highest BCUT2D eigenvalue weighted by Crippen LogP contribution is 2.19. The molecule has 0 bridgehead atoms. The molecule has 120 valence electrons. The number of carbonyl (C=O) groups is 2. The molecular weight excluding hydrogens is 286 g/mol. The summed E-state index contributed by atoms with van der Waals surface area (Å²) < 4.78 is 4.77. The van der Waals surface area contributed by atoms with Gasteiger partial charge in [0, 0.05) is 18.3 Å². The number of rotatable bonds is 5. The van der Waals surface area contributed by atoms with Gasteiger partial charge in [-0.05, 0) is 31.9 Å². The van der Waals surface area contributed by atoms with Crippen molar-refractivity contribution in [3.05, 3.63) is 29.6 Å². The van der Waals surface area contributed by atoms with E-state index in [0.29, 0.717) is 24.4 Å². The number of pyridine rings is 1. The maximum absolute atomic E-state index is 12.5. The molecule has 1 aromatic rings. The number of amides is 2. The van der Waals surface area contributed by atoms with E-state index in [0.717, 1.165) is 12.8 Å². The van der Waals surface area contributed by atoms with Gasteiger partial charge in [-0.25, -0.2) is 4.79 Å². The van der Waals surface area contributed by atoms with Gasteiger partial charge in [0.2, 0.25) is 0 Å². The molecule has 0 spiro atoms. The van der Waals surface area contributed by atoms with Gasteiger partial charge in [0.1, 0.15) is 0 Å². The van der Waals surface area contributed by atoms with E-state index >= 15 is 0 Å². The highest BCUT2D eigenvalue weighted by molar-refractivity contribution is 5.94. The zero-order valence-electron chi connectivity index (χ0n) is 12.6. The molecule has 7 nitrogen and oxygen atoms in total. The first-order valence-electron chi connectivity index (χ1n) is 7.43. The lowest BCUT2D eigenvalue weighted by molar-refractivity contribution is 0.0677. The molecule has 1 saturated heterocycles. The summed E-state index contributed by atoms with van der Waals surface area (Å²) >= 11 is 0. The summed E-state index contributed by atoms with van der Waals surface area (Å²) in [5, 5.41) is 11.9. The predicted molar refractivity (Wildman–Crippen MR) is 79.2 cm³/mol. The second-order valence-corrected chi connectivity index (χ2v) is 5.09. The molecule has 1 fully saturated rings. The Bertz CT molecular complexity index is 535. The normalized spacial score (nSPS) is 17.4. The van der Waals surface area contributed by atoms with E-state index in [1.807, 2.05) is 0 Å². The Morgan fingerprint density at radius 1 is 1.55 bits per heavy atom. The van der Waals surface area contributed by atoms with Crippen LogP contribution in [0.15, 0.2) is 18.3 Å². The first-order chi connectivity index (χ1) is 10.7. The van der Waals surface area contributed by atoms with Crippen molar-refractivity contribution in [1.29, 1.82) is 0 Å². The van der Waals surface area contributed by atoms with Crippen molar-refractivity contribution in [3.8, 4) is 0 Å². The van der Waals surface area contributed by atoms with Crippen LogP contribution in [0.1, 0.15) is 35.8 Å². The lowest BCUT2D eigenvalue weighted by Gasteiger charge is -2.23. The molecule has 0 saturated carbocycles. The average molecular weight is 307 g/mol. The van der Waals surface area contributed by atoms with Gasteiger partial charge < -0.3 is 20.1 Å². The van der Waals surface area contributed by atoms with E-state index in [1.165, 1.54) is 0 Å². The first-order valence-corrected chi connectivity index (χ1v) is 7.43. The van der Waals surface area contributed by atoms with Crippen LogP contribution in [0.3, 0.4) is 0 Å². The Balaban J connectivity index is 2.01. The molecule has 1 aliphatic rings. The molecule has 2 amide bonds. The van der Waals surface area contributed by atoms with Crippen LogP contribution < -0.4 is 5.32 Å². The van der Waals surface area contributed by atoms with Gasteiger partial charge in [0.15, 0.2) is 0 Å². The summed E-state index contributed by atoms with van der Waals surface area (Å²) in [6.07, 6.45) is 2.75. The zero-order chi connectivity index (χ0) is 15.9. The average Bonchev–Trinajstić information content (AvgIpc) is 3.01. The largest absolute Gasteiger partial charge is 0.450 e. The molecule has 7 heteroatoms. The third kappa shape index (κ3) is 3.94. The fraction of sp³-hybridized carbons (Fsp3) is 0.533. The van der Waals surface area contributed by atoms with Gasteiger partial charge in [0.25, 0.3) is 5.91 Å². The minimum Gasteiger partial charge on any atom is -0.450 e. The Kier molecular flexibility index (Phi) is 5.71. The van der Waals surface area contributed by atoms with Crippen molar-refractivity contribution in [2.45, 2.75) is 32.4 Å². The molecule has 1 aromatic heterocycles. The van der Waals surface area contributed by atoms with Crippen LogP contribution in [0, 0.1) is 0 Å². The molecule has 22 heavy (non-hydrogen) atoms. The summed E-state index contributed by atoms with van der Waals surface area (Å²) in [6, 6.07) is 3.19. The number of hydrogen-bond donors (Lipinski definition) is 2. The number of aromatic nitrogens is 1. The highest BCUT2D eigenvalue weighted by Gasteiger charge is 2.28. The van der Waals surface area contributed by atoms with Crippen molar-refractivity contribution >= 4 is 12.0 Å². The summed E-state index contributed by atoms with van der Waals surface area (Å²) in [5.41, 5.74) is 1.09. The number of alkyl carbamates (subject to hydrolysis) is 1. The third-order valence-electron chi connectivity index (χ3n) is 3.60. The van der Waals surface area contributed by atoms with Gasteiger partial charge in [0.05, 0.1) is 31.5 Å². The van der Waals surface area contributed by atoms with Gasteiger partial charge in [-0.3, -0.25) is 9.78 Å². The summed E-state index contributed by atoms with van der Waals surface area (Å²) in [4.78, 5) is 29.6. The molecule has 1 unspecified atom stereocenters. The fourth-order valence-electron chi connectivity index (χ4n) is 2.51. The van der Waals surface area contributed by atoms with Crippen molar-refractivity contribution in [3.63, 3.8) is 0 Å². The van der Waals surface area contributed by atoms with Crippen molar-refractivity contribution in [2.24, 2.45) is 0 Å². The number of ether oxygens (including phenoxy) is 1. The summed E-state index contributed by atoms with van der Waals surface area (Å²) in [5.74, 6) is -0.115. The molecule has 1 atom stereocenters. The molecule has 2 heterocycles. The number of nitrogens with one attached hydrogen (secondary N) is 1. The van der Waals surface area contributed by atoms with E-state index < -0.39 is 6.09 Å².